The molecule has 8 nitrogen and oxygen atoms in total. The quantitative estimate of drug-likeness (QED) is 0.623. The minimum Gasteiger partial charge on any atom is -0.486 e. The third-order valence-corrected chi connectivity index (χ3v) is 4.16. The van der Waals surface area contributed by atoms with Gasteiger partial charge in [-0.3, -0.25) is 9.79 Å². The van der Waals surface area contributed by atoms with Crippen LogP contribution < -0.4 is 15.2 Å². The molecule has 2 N–H and O–H groups in total. The molecule has 0 aliphatic carbocycles. The number of pyridine rings is 1. The number of aromatic nitrogens is 1. The second kappa shape index (κ2) is 8.39. The van der Waals surface area contributed by atoms with Gasteiger partial charge < -0.3 is 19.9 Å². The zero-order valence-corrected chi connectivity index (χ0v) is 15.7. The highest BCUT2D eigenvalue weighted by Crippen LogP contribution is 2.38. The number of nitrogens with zero attached hydrogens (tertiary/aromatic N) is 3. The van der Waals surface area contributed by atoms with Crippen molar-refractivity contribution in [1.82, 2.24) is 4.98 Å². The standard InChI is InChI=1S/C20H20N4O4/c1-3-26-18(25)9-15-13(10-21)19(14(11-23-2)20(22)24-15)12-4-5-16-17(8-12)28-7-6-27-16/h4-5,8,11H,3,6-7,9H2,1-2H3,(H2,22,24). The molecular weight excluding hydrogens is 360 g/mol. The van der Waals surface area contributed by atoms with Crippen molar-refractivity contribution in [3.05, 3.63) is 35.0 Å². The van der Waals surface area contributed by atoms with Crippen LogP contribution in [-0.4, -0.2) is 44.0 Å². The predicted molar refractivity (Wildman–Crippen MR) is 104 cm³/mol. The van der Waals surface area contributed by atoms with E-state index in [2.05, 4.69) is 16.0 Å². The first-order valence-electron chi connectivity index (χ1n) is 8.79. The minimum absolute atomic E-state index is 0.151. The maximum absolute atomic E-state index is 12.0. The highest BCUT2D eigenvalue weighted by molar-refractivity contribution is 5.98. The molecular formula is C20H20N4O4. The van der Waals surface area contributed by atoms with E-state index in [0.717, 1.165) is 0 Å². The Morgan fingerprint density at radius 3 is 2.82 bits per heavy atom. The summed E-state index contributed by atoms with van der Waals surface area (Å²) in [5, 5.41) is 9.84. The Labute approximate surface area is 162 Å². The van der Waals surface area contributed by atoms with Gasteiger partial charge in [0, 0.05) is 24.4 Å². The van der Waals surface area contributed by atoms with Crippen molar-refractivity contribution < 1.29 is 19.0 Å². The molecule has 3 rings (SSSR count). The summed E-state index contributed by atoms with van der Waals surface area (Å²) in [5.41, 5.74) is 8.37. The minimum atomic E-state index is -0.476. The van der Waals surface area contributed by atoms with Crippen LogP contribution in [0.25, 0.3) is 11.1 Å². The number of benzene rings is 1. The van der Waals surface area contributed by atoms with Crippen LogP contribution in [-0.2, 0) is 16.0 Å². The first-order valence-corrected chi connectivity index (χ1v) is 8.79. The fraction of sp³-hybridized carbons (Fsp3) is 0.300. The molecule has 0 unspecified atom stereocenters. The van der Waals surface area contributed by atoms with Crippen molar-refractivity contribution in [2.24, 2.45) is 4.99 Å². The van der Waals surface area contributed by atoms with E-state index in [9.17, 15) is 10.1 Å². The summed E-state index contributed by atoms with van der Waals surface area (Å²) < 4.78 is 16.2. The van der Waals surface area contributed by atoms with E-state index < -0.39 is 5.97 Å². The Morgan fingerprint density at radius 1 is 1.39 bits per heavy atom. The molecule has 1 aromatic heterocycles. The topological polar surface area (TPSA) is 120 Å². The van der Waals surface area contributed by atoms with Crippen LogP contribution in [0.2, 0.25) is 0 Å². The largest absolute Gasteiger partial charge is 0.486 e. The average molecular weight is 380 g/mol. The van der Waals surface area contributed by atoms with Crippen LogP contribution in [0.5, 0.6) is 11.5 Å². The zero-order valence-electron chi connectivity index (χ0n) is 15.7. The monoisotopic (exact) mass is 380 g/mol. The van der Waals surface area contributed by atoms with E-state index >= 15 is 0 Å². The van der Waals surface area contributed by atoms with Crippen molar-refractivity contribution in [2.45, 2.75) is 13.3 Å². The lowest BCUT2D eigenvalue weighted by molar-refractivity contribution is -0.142. The van der Waals surface area contributed by atoms with Crippen molar-refractivity contribution >= 4 is 18.0 Å². The van der Waals surface area contributed by atoms with E-state index in [1.807, 2.05) is 6.07 Å². The lowest BCUT2D eigenvalue weighted by Gasteiger charge is -2.20. The summed E-state index contributed by atoms with van der Waals surface area (Å²) in [4.78, 5) is 20.3. The number of fused-ring (bicyclic) bond motifs is 1. The molecule has 2 aromatic rings. The number of carbonyl (C=O) groups excluding carboxylic acids is 1. The van der Waals surface area contributed by atoms with E-state index in [1.54, 1.807) is 32.3 Å². The second-order valence-electron chi connectivity index (χ2n) is 5.95. The normalized spacial score (nSPS) is 12.6. The molecule has 0 atom stereocenters. The van der Waals surface area contributed by atoms with E-state index in [1.165, 1.54) is 0 Å². The summed E-state index contributed by atoms with van der Waals surface area (Å²) in [6.07, 6.45) is 1.39. The van der Waals surface area contributed by atoms with Gasteiger partial charge in [0.2, 0.25) is 0 Å². The van der Waals surface area contributed by atoms with E-state index in [-0.39, 0.29) is 30.1 Å². The van der Waals surface area contributed by atoms with Gasteiger partial charge >= 0.3 is 5.97 Å². The molecule has 0 saturated carbocycles. The van der Waals surface area contributed by atoms with Crippen LogP contribution in [0, 0.1) is 11.3 Å². The molecule has 1 aliphatic heterocycles. The number of nitriles is 1. The summed E-state index contributed by atoms with van der Waals surface area (Å²) >= 11 is 0. The highest BCUT2D eigenvalue weighted by atomic mass is 16.6. The predicted octanol–water partition coefficient (Wildman–Crippen LogP) is 2.13. The van der Waals surface area contributed by atoms with Gasteiger partial charge in [-0.2, -0.15) is 5.26 Å². The number of nitrogens with two attached hydrogens (primary N) is 1. The highest BCUT2D eigenvalue weighted by Gasteiger charge is 2.23. The summed E-state index contributed by atoms with van der Waals surface area (Å²) in [5.74, 6) is 0.909. The Morgan fingerprint density at radius 2 is 2.14 bits per heavy atom. The van der Waals surface area contributed by atoms with Crippen molar-refractivity contribution in [1.29, 1.82) is 5.26 Å². The third-order valence-electron chi connectivity index (χ3n) is 4.16. The molecule has 0 fully saturated rings. The number of nitrogen functional groups attached to an aromatic ring is 1. The lowest BCUT2D eigenvalue weighted by atomic mass is 9.93. The van der Waals surface area contributed by atoms with Gasteiger partial charge in [0.05, 0.1) is 24.3 Å². The summed E-state index contributed by atoms with van der Waals surface area (Å²) in [6.45, 7) is 2.88. The van der Waals surface area contributed by atoms with Crippen LogP contribution in [0.1, 0.15) is 23.7 Å². The number of carbonyl (C=O) groups is 1. The molecule has 1 aliphatic rings. The molecule has 2 heterocycles. The van der Waals surface area contributed by atoms with Crippen LogP contribution in [0.15, 0.2) is 23.2 Å². The number of aliphatic imine (C=N–C) groups is 1. The molecule has 0 bridgehead atoms. The first kappa shape index (κ1) is 19.2. The van der Waals surface area contributed by atoms with Crippen LogP contribution in [0.4, 0.5) is 5.82 Å². The van der Waals surface area contributed by atoms with Crippen molar-refractivity contribution in [2.75, 3.05) is 32.6 Å². The van der Waals surface area contributed by atoms with Gasteiger partial charge in [0.15, 0.2) is 11.5 Å². The number of hydrogen-bond acceptors (Lipinski definition) is 8. The average Bonchev–Trinajstić information content (AvgIpc) is 2.69. The number of rotatable bonds is 5. The third kappa shape index (κ3) is 3.74. The summed E-state index contributed by atoms with van der Waals surface area (Å²) in [6, 6.07) is 7.53. The van der Waals surface area contributed by atoms with E-state index in [4.69, 9.17) is 19.9 Å². The van der Waals surface area contributed by atoms with Gasteiger partial charge in [-0.15, -0.1) is 0 Å². The fourth-order valence-corrected chi connectivity index (χ4v) is 3.02. The number of ether oxygens (including phenoxy) is 3. The molecule has 8 heteroatoms. The van der Waals surface area contributed by atoms with Gasteiger partial charge in [0.1, 0.15) is 25.1 Å². The van der Waals surface area contributed by atoms with Crippen molar-refractivity contribution in [3.8, 4) is 28.7 Å². The molecule has 28 heavy (non-hydrogen) atoms. The van der Waals surface area contributed by atoms with Gasteiger partial charge in [-0.25, -0.2) is 4.98 Å². The molecule has 0 radical (unpaired) electrons. The molecule has 1 aromatic carbocycles. The lowest BCUT2D eigenvalue weighted by Crippen LogP contribution is -2.16. The molecule has 0 saturated heterocycles. The number of hydrogen-bond donors (Lipinski definition) is 1. The van der Waals surface area contributed by atoms with Gasteiger partial charge in [-0.05, 0) is 24.6 Å². The first-order chi connectivity index (χ1) is 13.6. The Bertz CT molecular complexity index is 979. The van der Waals surface area contributed by atoms with Gasteiger partial charge in [-0.1, -0.05) is 6.07 Å². The zero-order chi connectivity index (χ0) is 20.1. The molecule has 0 spiro atoms. The van der Waals surface area contributed by atoms with Crippen LogP contribution in [0.3, 0.4) is 0 Å². The maximum atomic E-state index is 12.0. The second-order valence-corrected chi connectivity index (χ2v) is 5.95. The fourth-order valence-electron chi connectivity index (χ4n) is 3.02. The molecule has 144 valence electrons. The van der Waals surface area contributed by atoms with Crippen molar-refractivity contribution in [3.63, 3.8) is 0 Å². The smallest absolute Gasteiger partial charge is 0.311 e. The van der Waals surface area contributed by atoms with Gasteiger partial charge in [0.25, 0.3) is 0 Å². The van der Waals surface area contributed by atoms with Crippen LogP contribution >= 0.6 is 0 Å². The number of esters is 1. The Kier molecular flexibility index (Phi) is 5.75. The van der Waals surface area contributed by atoms with E-state index in [0.29, 0.717) is 41.4 Å². The SMILES string of the molecule is CCOC(=O)Cc1nc(N)c(C=NC)c(-c2ccc3c(c2)OCCO3)c1C#N. The maximum Gasteiger partial charge on any atom is 0.311 e. The molecule has 0 amide bonds. The Balaban J connectivity index is 2.21. The number of anilines is 1. The summed E-state index contributed by atoms with van der Waals surface area (Å²) in [7, 11) is 1.60. The Hall–Kier alpha value is -3.60.